The number of rotatable bonds is 5. The number of hydrogen-bond acceptors (Lipinski definition) is 5. The molecule has 0 spiro atoms. The van der Waals surface area contributed by atoms with E-state index in [1.165, 1.54) is 4.90 Å². The van der Waals surface area contributed by atoms with E-state index in [9.17, 15) is 24.6 Å². The second-order valence-corrected chi connectivity index (χ2v) is 5.89. The molecule has 1 atom stereocenters. The summed E-state index contributed by atoms with van der Waals surface area (Å²) < 4.78 is 0. The van der Waals surface area contributed by atoms with Crippen molar-refractivity contribution in [1.29, 1.82) is 0 Å². The summed E-state index contributed by atoms with van der Waals surface area (Å²) in [5, 5.41) is 21.5. The number of Topliss-reactive ketones (excluding diaryl/α,β-unsaturated/α-hetero) is 1. The van der Waals surface area contributed by atoms with Crippen LogP contribution in [0.2, 0.25) is 0 Å². The number of amides is 1. The molecule has 26 heavy (non-hydrogen) atoms. The van der Waals surface area contributed by atoms with E-state index in [0.29, 0.717) is 11.1 Å². The Morgan fingerprint density at radius 2 is 1.58 bits per heavy atom. The first kappa shape index (κ1) is 17.4. The quantitative estimate of drug-likeness (QED) is 0.497. The molecule has 0 radical (unpaired) electrons. The van der Waals surface area contributed by atoms with E-state index in [4.69, 9.17) is 0 Å². The molecule has 2 aromatic rings. The Morgan fingerprint density at radius 1 is 1.00 bits per heavy atom. The lowest BCUT2D eigenvalue weighted by Crippen LogP contribution is -2.34. The van der Waals surface area contributed by atoms with Crippen molar-refractivity contribution >= 4 is 23.4 Å². The predicted octanol–water partition coefficient (Wildman–Crippen LogP) is 1.25. The largest absolute Gasteiger partial charge is 0.550 e. The minimum absolute atomic E-state index is 0.0502. The highest BCUT2D eigenvalue weighted by molar-refractivity contribution is 6.46. The normalized spacial score (nSPS) is 18.9. The zero-order valence-electron chi connectivity index (χ0n) is 13.8. The standard InChI is InChI=1S/C20H17NO5/c22-15(23)11-12-21-17(13-7-3-1-4-8-13)16(19(25)20(21)26)18(24)14-9-5-2-6-10-14/h1-10,17,24H,11-12H2,(H,22,23)/p-1/t17-/m1/s1. The maximum Gasteiger partial charge on any atom is 0.295 e. The number of hydrogen-bond donors (Lipinski definition) is 1. The fraction of sp³-hybridized carbons (Fsp3) is 0.150. The minimum Gasteiger partial charge on any atom is -0.550 e. The van der Waals surface area contributed by atoms with Crippen molar-refractivity contribution in [2.45, 2.75) is 12.5 Å². The second-order valence-electron chi connectivity index (χ2n) is 5.89. The van der Waals surface area contributed by atoms with Crippen LogP contribution in [-0.4, -0.2) is 34.2 Å². The van der Waals surface area contributed by atoms with Crippen molar-refractivity contribution in [3.8, 4) is 0 Å². The number of benzene rings is 2. The van der Waals surface area contributed by atoms with Crippen LogP contribution in [0.5, 0.6) is 0 Å². The summed E-state index contributed by atoms with van der Waals surface area (Å²) in [7, 11) is 0. The van der Waals surface area contributed by atoms with Gasteiger partial charge in [0, 0.05) is 24.5 Å². The number of ketones is 1. The summed E-state index contributed by atoms with van der Waals surface area (Å²) in [5.41, 5.74) is 0.972. The number of carboxylic acids is 1. The molecule has 1 heterocycles. The van der Waals surface area contributed by atoms with E-state index in [1.807, 2.05) is 0 Å². The van der Waals surface area contributed by atoms with Gasteiger partial charge in [-0.2, -0.15) is 0 Å². The molecule has 0 unspecified atom stereocenters. The van der Waals surface area contributed by atoms with Gasteiger partial charge in [0.05, 0.1) is 11.6 Å². The Morgan fingerprint density at radius 3 is 2.15 bits per heavy atom. The number of carbonyl (C=O) groups excluding carboxylic acids is 3. The summed E-state index contributed by atoms with van der Waals surface area (Å²) in [6.45, 7) is -0.183. The molecule has 1 N–H and O–H groups in total. The van der Waals surface area contributed by atoms with Gasteiger partial charge in [-0.25, -0.2) is 0 Å². The van der Waals surface area contributed by atoms with Gasteiger partial charge < -0.3 is 19.9 Å². The SMILES string of the molecule is O=C([O-])CCN1C(=O)C(=O)C(=C(O)c2ccccc2)[C@H]1c1ccccc1. The van der Waals surface area contributed by atoms with E-state index in [-0.39, 0.29) is 17.9 Å². The molecular formula is C20H16NO5-. The lowest BCUT2D eigenvalue weighted by molar-refractivity contribution is -0.305. The van der Waals surface area contributed by atoms with Gasteiger partial charge in [0.15, 0.2) is 0 Å². The Labute approximate surface area is 150 Å². The Kier molecular flexibility index (Phi) is 4.84. The molecule has 1 aliphatic rings. The van der Waals surface area contributed by atoms with Crippen LogP contribution in [-0.2, 0) is 14.4 Å². The van der Waals surface area contributed by atoms with E-state index < -0.39 is 30.1 Å². The monoisotopic (exact) mass is 350 g/mol. The maximum absolute atomic E-state index is 12.6. The van der Waals surface area contributed by atoms with Gasteiger partial charge in [-0.1, -0.05) is 60.7 Å². The summed E-state index contributed by atoms with van der Waals surface area (Å²) in [5.74, 6) is -3.27. The van der Waals surface area contributed by atoms with Crippen molar-refractivity contribution in [1.82, 2.24) is 4.90 Å². The van der Waals surface area contributed by atoms with Crippen LogP contribution in [0.1, 0.15) is 23.6 Å². The zero-order valence-corrected chi connectivity index (χ0v) is 13.8. The number of likely N-dealkylation sites (tertiary alicyclic amines) is 1. The topological polar surface area (TPSA) is 97.7 Å². The lowest BCUT2D eigenvalue weighted by atomic mass is 9.95. The molecule has 0 bridgehead atoms. The fourth-order valence-electron chi connectivity index (χ4n) is 3.06. The first-order valence-corrected chi connectivity index (χ1v) is 8.09. The van der Waals surface area contributed by atoms with Gasteiger partial charge in [0.25, 0.3) is 11.7 Å². The Hall–Kier alpha value is -3.41. The molecule has 6 nitrogen and oxygen atoms in total. The van der Waals surface area contributed by atoms with Crippen molar-refractivity contribution in [3.63, 3.8) is 0 Å². The number of nitrogens with zero attached hydrogens (tertiary/aromatic N) is 1. The molecule has 1 aliphatic heterocycles. The molecule has 3 rings (SSSR count). The van der Waals surface area contributed by atoms with Crippen LogP contribution in [0.4, 0.5) is 0 Å². The average molecular weight is 350 g/mol. The Bertz CT molecular complexity index is 874. The van der Waals surface area contributed by atoms with Gasteiger partial charge in [-0.15, -0.1) is 0 Å². The molecule has 0 saturated carbocycles. The highest BCUT2D eigenvalue weighted by Crippen LogP contribution is 2.39. The molecule has 1 fully saturated rings. The third-order valence-corrected chi connectivity index (χ3v) is 4.26. The van der Waals surface area contributed by atoms with Crippen molar-refractivity contribution < 1.29 is 24.6 Å². The molecule has 6 heteroatoms. The average Bonchev–Trinajstić information content (AvgIpc) is 2.91. The van der Waals surface area contributed by atoms with Crippen LogP contribution in [0.15, 0.2) is 66.2 Å². The van der Waals surface area contributed by atoms with Gasteiger partial charge in [0.1, 0.15) is 5.76 Å². The number of carbonyl (C=O) groups is 3. The molecule has 0 aromatic heterocycles. The molecule has 1 saturated heterocycles. The van der Waals surface area contributed by atoms with Crippen molar-refractivity contribution in [2.24, 2.45) is 0 Å². The molecule has 2 aromatic carbocycles. The van der Waals surface area contributed by atoms with Gasteiger partial charge >= 0.3 is 0 Å². The third kappa shape index (κ3) is 3.21. The maximum atomic E-state index is 12.6. The summed E-state index contributed by atoms with van der Waals surface area (Å²) in [4.78, 5) is 37.0. The Balaban J connectivity index is 2.13. The minimum atomic E-state index is -1.32. The van der Waals surface area contributed by atoms with Crippen molar-refractivity contribution in [2.75, 3.05) is 6.54 Å². The fourth-order valence-corrected chi connectivity index (χ4v) is 3.06. The van der Waals surface area contributed by atoms with Crippen LogP contribution < -0.4 is 5.11 Å². The van der Waals surface area contributed by atoms with Crippen LogP contribution in [0.3, 0.4) is 0 Å². The molecular weight excluding hydrogens is 334 g/mol. The van der Waals surface area contributed by atoms with Gasteiger partial charge in [0.2, 0.25) is 0 Å². The predicted molar refractivity (Wildman–Crippen MR) is 91.5 cm³/mol. The molecule has 1 amide bonds. The van der Waals surface area contributed by atoms with Crippen LogP contribution in [0.25, 0.3) is 5.76 Å². The van der Waals surface area contributed by atoms with Crippen molar-refractivity contribution in [3.05, 3.63) is 77.4 Å². The smallest absolute Gasteiger partial charge is 0.295 e. The number of carboxylic acid groups (broad SMARTS) is 1. The highest BCUT2D eigenvalue weighted by Gasteiger charge is 2.45. The van der Waals surface area contributed by atoms with E-state index in [0.717, 1.165) is 0 Å². The first-order chi connectivity index (χ1) is 12.5. The second kappa shape index (κ2) is 7.23. The number of aliphatic hydroxyl groups is 1. The first-order valence-electron chi connectivity index (χ1n) is 8.09. The summed E-state index contributed by atoms with van der Waals surface area (Å²) in [6, 6.07) is 16.3. The van der Waals surface area contributed by atoms with Gasteiger partial charge in [-0.05, 0) is 5.56 Å². The molecule has 0 aliphatic carbocycles. The summed E-state index contributed by atoms with van der Waals surface area (Å²) in [6.07, 6.45) is -0.401. The van der Waals surface area contributed by atoms with Gasteiger partial charge in [-0.3, -0.25) is 9.59 Å². The molecule has 132 valence electrons. The van der Waals surface area contributed by atoms with Crippen LogP contribution in [0, 0.1) is 0 Å². The van der Waals surface area contributed by atoms with E-state index in [1.54, 1.807) is 60.7 Å². The lowest BCUT2D eigenvalue weighted by Gasteiger charge is -2.25. The third-order valence-electron chi connectivity index (χ3n) is 4.26. The van der Waals surface area contributed by atoms with Crippen LogP contribution >= 0.6 is 0 Å². The number of aliphatic carboxylic acids is 1. The highest BCUT2D eigenvalue weighted by atomic mass is 16.4. The summed E-state index contributed by atoms with van der Waals surface area (Å²) >= 11 is 0. The van der Waals surface area contributed by atoms with E-state index >= 15 is 0 Å². The zero-order chi connectivity index (χ0) is 18.7. The van der Waals surface area contributed by atoms with E-state index in [2.05, 4.69) is 0 Å². The number of aliphatic hydroxyl groups excluding tert-OH is 1.